The monoisotopic (exact) mass is 367 g/mol. The van der Waals surface area contributed by atoms with Gasteiger partial charge in [0.25, 0.3) is 5.91 Å². The van der Waals surface area contributed by atoms with Crippen LogP contribution >= 0.6 is 15.9 Å². The zero-order valence-corrected chi connectivity index (χ0v) is 14.0. The van der Waals surface area contributed by atoms with E-state index in [-0.39, 0.29) is 5.56 Å². The van der Waals surface area contributed by atoms with Crippen molar-refractivity contribution >= 4 is 27.5 Å². The molecule has 0 aliphatic heterocycles. The van der Waals surface area contributed by atoms with Gasteiger partial charge in [0.15, 0.2) is 11.5 Å². The molecule has 0 radical (unpaired) electrons. The first-order chi connectivity index (χ1) is 10.5. The largest absolute Gasteiger partial charge is 0.493 e. The number of hydrogen-bond acceptors (Lipinski definition) is 3. The Labute approximate surface area is 136 Å². The number of halogens is 2. The molecule has 1 amide bonds. The van der Waals surface area contributed by atoms with Crippen LogP contribution < -0.4 is 14.8 Å². The van der Waals surface area contributed by atoms with Gasteiger partial charge in [-0.15, -0.1) is 0 Å². The molecule has 0 fully saturated rings. The molecule has 6 heteroatoms. The van der Waals surface area contributed by atoms with Crippen molar-refractivity contribution in [2.45, 2.75) is 6.92 Å². The first kappa shape index (κ1) is 16.3. The Hall–Kier alpha value is -2.08. The summed E-state index contributed by atoms with van der Waals surface area (Å²) in [5.74, 6) is -0.0716. The third kappa shape index (κ3) is 3.39. The van der Waals surface area contributed by atoms with E-state index in [4.69, 9.17) is 9.47 Å². The van der Waals surface area contributed by atoms with Crippen LogP contribution in [0.1, 0.15) is 15.9 Å². The van der Waals surface area contributed by atoms with E-state index in [9.17, 15) is 9.18 Å². The van der Waals surface area contributed by atoms with Crippen LogP contribution in [0.25, 0.3) is 0 Å². The predicted octanol–water partition coefficient (Wildman–Crippen LogP) is 4.17. The highest BCUT2D eigenvalue weighted by Gasteiger charge is 2.15. The molecule has 0 unspecified atom stereocenters. The van der Waals surface area contributed by atoms with Crippen molar-refractivity contribution in [1.82, 2.24) is 0 Å². The standard InChI is InChI=1S/C16H15BrFNO3/c1-9-6-14(21-2)15(22-3)8-13(9)19-16(20)11-7-10(17)4-5-12(11)18/h4-8H,1-3H3,(H,19,20). The molecule has 0 spiro atoms. The Balaban J connectivity index is 2.34. The maximum absolute atomic E-state index is 13.8. The van der Waals surface area contributed by atoms with Crippen molar-refractivity contribution in [3.05, 3.63) is 51.7 Å². The van der Waals surface area contributed by atoms with E-state index in [1.165, 1.54) is 32.4 Å². The van der Waals surface area contributed by atoms with Gasteiger partial charge in [0.1, 0.15) is 5.82 Å². The molecule has 2 aromatic rings. The number of methoxy groups -OCH3 is 2. The Morgan fingerprint density at radius 1 is 1.14 bits per heavy atom. The number of amides is 1. The fourth-order valence-electron chi connectivity index (χ4n) is 1.98. The number of nitrogens with one attached hydrogen (secondary N) is 1. The molecule has 0 aromatic heterocycles. The highest BCUT2D eigenvalue weighted by Crippen LogP contribution is 2.33. The molecule has 2 aromatic carbocycles. The Morgan fingerprint density at radius 3 is 2.41 bits per heavy atom. The van der Waals surface area contributed by atoms with E-state index in [1.54, 1.807) is 12.1 Å². The predicted molar refractivity (Wildman–Crippen MR) is 86.3 cm³/mol. The molecule has 1 N–H and O–H groups in total. The van der Waals surface area contributed by atoms with Gasteiger partial charge in [-0.05, 0) is 36.8 Å². The van der Waals surface area contributed by atoms with Crippen LogP contribution in [0.2, 0.25) is 0 Å². The number of rotatable bonds is 4. The van der Waals surface area contributed by atoms with Gasteiger partial charge in [0, 0.05) is 16.2 Å². The lowest BCUT2D eigenvalue weighted by Crippen LogP contribution is -2.14. The van der Waals surface area contributed by atoms with Crippen LogP contribution in [0, 0.1) is 12.7 Å². The number of aryl methyl sites for hydroxylation is 1. The average molecular weight is 368 g/mol. The van der Waals surface area contributed by atoms with Gasteiger partial charge in [0.2, 0.25) is 0 Å². The lowest BCUT2D eigenvalue weighted by molar-refractivity contribution is 0.102. The minimum Gasteiger partial charge on any atom is -0.493 e. The highest BCUT2D eigenvalue weighted by atomic mass is 79.9. The van der Waals surface area contributed by atoms with E-state index in [1.807, 2.05) is 6.92 Å². The second-order valence-corrected chi connectivity index (χ2v) is 5.52. The minimum absolute atomic E-state index is 0.0384. The maximum atomic E-state index is 13.8. The molecule has 0 bridgehead atoms. The average Bonchev–Trinajstić information content (AvgIpc) is 2.51. The molecule has 0 saturated carbocycles. The molecule has 0 heterocycles. The van der Waals surface area contributed by atoms with Gasteiger partial charge in [0.05, 0.1) is 19.8 Å². The first-order valence-corrected chi connectivity index (χ1v) is 7.24. The molecule has 0 aliphatic carbocycles. The van der Waals surface area contributed by atoms with Crippen LogP contribution in [-0.4, -0.2) is 20.1 Å². The summed E-state index contributed by atoms with van der Waals surface area (Å²) in [6, 6.07) is 7.59. The van der Waals surface area contributed by atoms with Crippen molar-refractivity contribution in [2.75, 3.05) is 19.5 Å². The summed E-state index contributed by atoms with van der Waals surface area (Å²) in [6.45, 7) is 1.81. The Morgan fingerprint density at radius 2 is 1.77 bits per heavy atom. The van der Waals surface area contributed by atoms with Crippen molar-refractivity contribution in [3.63, 3.8) is 0 Å². The van der Waals surface area contributed by atoms with Crippen molar-refractivity contribution in [3.8, 4) is 11.5 Å². The Bertz CT molecular complexity index is 719. The second-order valence-electron chi connectivity index (χ2n) is 4.60. The van der Waals surface area contributed by atoms with Gasteiger partial charge in [-0.1, -0.05) is 15.9 Å². The lowest BCUT2D eigenvalue weighted by atomic mass is 10.1. The summed E-state index contributed by atoms with van der Waals surface area (Å²) in [4.78, 5) is 12.2. The summed E-state index contributed by atoms with van der Waals surface area (Å²) >= 11 is 3.22. The summed E-state index contributed by atoms with van der Waals surface area (Å²) in [5, 5.41) is 2.69. The number of carbonyl (C=O) groups excluding carboxylic acids is 1. The maximum Gasteiger partial charge on any atom is 0.258 e. The SMILES string of the molecule is COc1cc(C)c(NC(=O)c2cc(Br)ccc2F)cc1OC. The van der Waals surface area contributed by atoms with Crippen LogP contribution in [-0.2, 0) is 0 Å². The van der Waals surface area contributed by atoms with Crippen LogP contribution in [0.15, 0.2) is 34.8 Å². The van der Waals surface area contributed by atoms with E-state index in [0.29, 0.717) is 21.7 Å². The molecule has 0 saturated heterocycles. The smallest absolute Gasteiger partial charge is 0.258 e. The van der Waals surface area contributed by atoms with Crippen molar-refractivity contribution < 1.29 is 18.7 Å². The van der Waals surface area contributed by atoms with Gasteiger partial charge >= 0.3 is 0 Å². The molecule has 0 atom stereocenters. The quantitative estimate of drug-likeness (QED) is 0.882. The summed E-state index contributed by atoms with van der Waals surface area (Å²) in [7, 11) is 3.04. The van der Waals surface area contributed by atoms with Crippen LogP contribution in [0.4, 0.5) is 10.1 Å². The molecular formula is C16H15BrFNO3. The van der Waals surface area contributed by atoms with Crippen molar-refractivity contribution in [2.24, 2.45) is 0 Å². The topological polar surface area (TPSA) is 47.6 Å². The van der Waals surface area contributed by atoms with Crippen molar-refractivity contribution in [1.29, 1.82) is 0 Å². The van der Waals surface area contributed by atoms with E-state index in [2.05, 4.69) is 21.2 Å². The number of ether oxygens (including phenoxy) is 2. The molecular weight excluding hydrogens is 353 g/mol. The van der Waals surface area contributed by atoms with E-state index < -0.39 is 11.7 Å². The fourth-order valence-corrected chi connectivity index (χ4v) is 2.34. The van der Waals surface area contributed by atoms with Crippen LogP contribution in [0.3, 0.4) is 0 Å². The number of carbonyl (C=O) groups is 1. The molecule has 0 aliphatic rings. The summed E-state index contributed by atoms with van der Waals surface area (Å²) in [5.41, 5.74) is 1.27. The van der Waals surface area contributed by atoms with Gasteiger partial charge in [-0.2, -0.15) is 0 Å². The van der Waals surface area contributed by atoms with Gasteiger partial charge < -0.3 is 14.8 Å². The fraction of sp³-hybridized carbons (Fsp3) is 0.188. The molecule has 116 valence electrons. The van der Waals surface area contributed by atoms with E-state index in [0.717, 1.165) is 5.56 Å². The Kier molecular flexibility index (Phi) is 5.03. The molecule has 22 heavy (non-hydrogen) atoms. The third-order valence-corrected chi connectivity index (χ3v) is 3.65. The zero-order chi connectivity index (χ0) is 16.3. The molecule has 4 nitrogen and oxygen atoms in total. The minimum atomic E-state index is -0.584. The number of hydrogen-bond donors (Lipinski definition) is 1. The highest BCUT2D eigenvalue weighted by molar-refractivity contribution is 9.10. The normalized spacial score (nSPS) is 10.2. The second kappa shape index (κ2) is 6.79. The summed E-state index contributed by atoms with van der Waals surface area (Å²) < 4.78 is 24.8. The lowest BCUT2D eigenvalue weighted by Gasteiger charge is -2.14. The number of anilines is 1. The third-order valence-electron chi connectivity index (χ3n) is 3.15. The zero-order valence-electron chi connectivity index (χ0n) is 12.4. The van der Waals surface area contributed by atoms with Gasteiger partial charge in [-0.3, -0.25) is 4.79 Å². The molecule has 2 rings (SSSR count). The van der Waals surface area contributed by atoms with Gasteiger partial charge in [-0.25, -0.2) is 4.39 Å². The van der Waals surface area contributed by atoms with E-state index >= 15 is 0 Å². The van der Waals surface area contributed by atoms with Crippen LogP contribution in [0.5, 0.6) is 11.5 Å². The summed E-state index contributed by atoms with van der Waals surface area (Å²) in [6.07, 6.45) is 0. The first-order valence-electron chi connectivity index (χ1n) is 6.45. The number of benzene rings is 2.